The molecule has 0 spiro atoms. The number of nitrogens with one attached hydrogen (secondary N) is 1. The second kappa shape index (κ2) is 6.44. The van der Waals surface area contributed by atoms with Crippen LogP contribution in [0.1, 0.15) is 33.6 Å². The Morgan fingerprint density at radius 1 is 1.50 bits per heavy atom. The number of terminal acetylenes is 1. The van der Waals surface area contributed by atoms with E-state index in [1.165, 1.54) is 0 Å². The molecule has 0 aromatic heterocycles. The summed E-state index contributed by atoms with van der Waals surface area (Å²) in [7, 11) is 0. The SMILES string of the molecule is C#CC(C)(C)NC(=O)CCOCCC. The van der Waals surface area contributed by atoms with Gasteiger partial charge < -0.3 is 10.1 Å². The smallest absolute Gasteiger partial charge is 0.223 e. The Balaban J connectivity index is 3.62. The lowest BCUT2D eigenvalue weighted by atomic mass is 10.1. The van der Waals surface area contributed by atoms with Crippen LogP contribution in [0.5, 0.6) is 0 Å². The van der Waals surface area contributed by atoms with E-state index in [2.05, 4.69) is 11.2 Å². The number of ether oxygens (including phenoxy) is 1. The minimum Gasteiger partial charge on any atom is -0.381 e. The van der Waals surface area contributed by atoms with Gasteiger partial charge in [-0.2, -0.15) is 0 Å². The highest BCUT2D eigenvalue weighted by molar-refractivity contribution is 5.77. The summed E-state index contributed by atoms with van der Waals surface area (Å²) in [6.07, 6.45) is 6.57. The molecular formula is C11H19NO2. The summed E-state index contributed by atoms with van der Waals surface area (Å²) in [6.45, 7) is 6.77. The quantitative estimate of drug-likeness (QED) is 0.515. The van der Waals surface area contributed by atoms with Crippen molar-refractivity contribution >= 4 is 5.91 Å². The van der Waals surface area contributed by atoms with Gasteiger partial charge in [-0.05, 0) is 20.3 Å². The topological polar surface area (TPSA) is 38.3 Å². The van der Waals surface area contributed by atoms with Gasteiger partial charge >= 0.3 is 0 Å². The van der Waals surface area contributed by atoms with Crippen LogP contribution in [0.2, 0.25) is 0 Å². The van der Waals surface area contributed by atoms with E-state index in [0.717, 1.165) is 6.42 Å². The zero-order chi connectivity index (χ0) is 11.0. The largest absolute Gasteiger partial charge is 0.381 e. The van der Waals surface area contributed by atoms with Crippen molar-refractivity contribution in [3.05, 3.63) is 0 Å². The Bertz CT molecular complexity index is 216. The average molecular weight is 197 g/mol. The van der Waals surface area contributed by atoms with Gasteiger partial charge in [-0.15, -0.1) is 6.42 Å². The standard InChI is InChI=1S/C11H19NO2/c1-5-8-14-9-7-10(13)12-11(3,4)6-2/h2H,5,7-9H2,1,3-4H3,(H,12,13). The first kappa shape index (κ1) is 13.0. The summed E-state index contributed by atoms with van der Waals surface area (Å²) in [5.74, 6) is 2.44. The number of carbonyl (C=O) groups excluding carboxylic acids is 1. The van der Waals surface area contributed by atoms with Crippen LogP contribution in [0.4, 0.5) is 0 Å². The lowest BCUT2D eigenvalue weighted by Crippen LogP contribution is -2.42. The molecule has 0 aromatic carbocycles. The van der Waals surface area contributed by atoms with Crippen molar-refractivity contribution in [1.29, 1.82) is 0 Å². The molecule has 80 valence electrons. The molecule has 0 aliphatic heterocycles. The van der Waals surface area contributed by atoms with Crippen LogP contribution < -0.4 is 5.32 Å². The Labute approximate surface area is 86.2 Å². The molecule has 0 aromatic rings. The molecule has 1 amide bonds. The predicted molar refractivity (Wildman–Crippen MR) is 56.8 cm³/mol. The van der Waals surface area contributed by atoms with Crippen molar-refractivity contribution in [2.24, 2.45) is 0 Å². The van der Waals surface area contributed by atoms with Crippen molar-refractivity contribution < 1.29 is 9.53 Å². The van der Waals surface area contributed by atoms with Crippen molar-refractivity contribution in [1.82, 2.24) is 5.32 Å². The molecule has 0 unspecified atom stereocenters. The van der Waals surface area contributed by atoms with Crippen LogP contribution in [0.25, 0.3) is 0 Å². The maximum atomic E-state index is 11.3. The molecule has 0 aliphatic rings. The van der Waals surface area contributed by atoms with E-state index in [0.29, 0.717) is 19.6 Å². The third kappa shape index (κ3) is 6.50. The molecule has 3 nitrogen and oxygen atoms in total. The van der Waals surface area contributed by atoms with Crippen LogP contribution >= 0.6 is 0 Å². The van der Waals surface area contributed by atoms with Gasteiger partial charge in [-0.25, -0.2) is 0 Å². The molecule has 0 rings (SSSR count). The summed E-state index contributed by atoms with van der Waals surface area (Å²) in [4.78, 5) is 11.3. The Morgan fingerprint density at radius 2 is 2.14 bits per heavy atom. The predicted octanol–water partition coefficient (Wildman–Crippen LogP) is 1.33. The molecule has 0 radical (unpaired) electrons. The van der Waals surface area contributed by atoms with Gasteiger partial charge in [0.25, 0.3) is 0 Å². The molecule has 0 saturated heterocycles. The first-order valence-corrected chi connectivity index (χ1v) is 4.88. The fraction of sp³-hybridized carbons (Fsp3) is 0.727. The minimum atomic E-state index is -0.568. The third-order valence-electron chi connectivity index (χ3n) is 1.63. The summed E-state index contributed by atoms with van der Waals surface area (Å²) in [5.41, 5.74) is -0.568. The average Bonchev–Trinajstić information content (AvgIpc) is 2.12. The summed E-state index contributed by atoms with van der Waals surface area (Å²) in [6, 6.07) is 0. The van der Waals surface area contributed by atoms with E-state index >= 15 is 0 Å². The van der Waals surface area contributed by atoms with Gasteiger partial charge in [0.15, 0.2) is 0 Å². The van der Waals surface area contributed by atoms with Crippen molar-refractivity contribution in [2.75, 3.05) is 13.2 Å². The molecule has 0 bridgehead atoms. The summed E-state index contributed by atoms with van der Waals surface area (Å²) < 4.78 is 5.19. The van der Waals surface area contributed by atoms with Gasteiger partial charge in [-0.1, -0.05) is 12.8 Å². The highest BCUT2D eigenvalue weighted by Crippen LogP contribution is 1.99. The monoisotopic (exact) mass is 197 g/mol. The fourth-order valence-corrected chi connectivity index (χ4v) is 0.858. The van der Waals surface area contributed by atoms with Crippen molar-refractivity contribution in [2.45, 2.75) is 39.2 Å². The minimum absolute atomic E-state index is 0.0657. The number of amides is 1. The van der Waals surface area contributed by atoms with E-state index < -0.39 is 5.54 Å². The molecule has 0 heterocycles. The zero-order valence-corrected chi connectivity index (χ0v) is 9.22. The van der Waals surface area contributed by atoms with Gasteiger partial charge in [0.2, 0.25) is 5.91 Å². The van der Waals surface area contributed by atoms with Gasteiger partial charge in [0.05, 0.1) is 12.1 Å². The van der Waals surface area contributed by atoms with Gasteiger partial charge in [0.1, 0.15) is 0 Å². The molecule has 14 heavy (non-hydrogen) atoms. The Kier molecular flexibility index (Phi) is 5.98. The number of rotatable bonds is 6. The first-order valence-electron chi connectivity index (χ1n) is 4.88. The van der Waals surface area contributed by atoms with Crippen LogP contribution in [0.15, 0.2) is 0 Å². The second-order valence-electron chi connectivity index (χ2n) is 3.68. The van der Waals surface area contributed by atoms with E-state index in [1.54, 1.807) is 13.8 Å². The first-order chi connectivity index (χ1) is 6.52. The maximum absolute atomic E-state index is 11.3. The van der Waals surface area contributed by atoms with E-state index in [1.807, 2.05) is 6.92 Å². The number of hydrogen-bond donors (Lipinski definition) is 1. The highest BCUT2D eigenvalue weighted by Gasteiger charge is 2.16. The van der Waals surface area contributed by atoms with E-state index in [4.69, 9.17) is 11.2 Å². The fourth-order valence-electron chi connectivity index (χ4n) is 0.858. The van der Waals surface area contributed by atoms with Crippen molar-refractivity contribution in [3.8, 4) is 12.3 Å². The van der Waals surface area contributed by atoms with Crippen LogP contribution in [-0.4, -0.2) is 24.7 Å². The molecule has 1 N–H and O–H groups in total. The lowest BCUT2D eigenvalue weighted by Gasteiger charge is -2.19. The maximum Gasteiger partial charge on any atom is 0.223 e. The molecular weight excluding hydrogens is 178 g/mol. The van der Waals surface area contributed by atoms with Gasteiger partial charge in [0, 0.05) is 13.0 Å². The Morgan fingerprint density at radius 3 is 2.64 bits per heavy atom. The third-order valence-corrected chi connectivity index (χ3v) is 1.63. The van der Waals surface area contributed by atoms with Crippen LogP contribution in [0.3, 0.4) is 0 Å². The second-order valence-corrected chi connectivity index (χ2v) is 3.68. The molecule has 0 saturated carbocycles. The van der Waals surface area contributed by atoms with Crippen LogP contribution in [-0.2, 0) is 9.53 Å². The van der Waals surface area contributed by atoms with E-state index in [9.17, 15) is 4.79 Å². The molecule has 3 heteroatoms. The number of carbonyl (C=O) groups is 1. The zero-order valence-electron chi connectivity index (χ0n) is 9.22. The molecule has 0 aliphatic carbocycles. The Hall–Kier alpha value is -1.01. The molecule has 0 fully saturated rings. The highest BCUT2D eigenvalue weighted by atomic mass is 16.5. The van der Waals surface area contributed by atoms with Crippen LogP contribution in [0, 0.1) is 12.3 Å². The number of hydrogen-bond acceptors (Lipinski definition) is 2. The van der Waals surface area contributed by atoms with Crippen molar-refractivity contribution in [3.63, 3.8) is 0 Å². The normalized spacial score (nSPS) is 10.7. The van der Waals surface area contributed by atoms with Gasteiger partial charge in [-0.3, -0.25) is 4.79 Å². The molecule has 0 atom stereocenters. The summed E-state index contributed by atoms with van der Waals surface area (Å²) >= 11 is 0. The van der Waals surface area contributed by atoms with E-state index in [-0.39, 0.29) is 5.91 Å². The lowest BCUT2D eigenvalue weighted by molar-refractivity contribution is -0.123. The summed E-state index contributed by atoms with van der Waals surface area (Å²) in [5, 5.41) is 2.73.